The molecule has 1 fully saturated rings. The topological polar surface area (TPSA) is 73.0 Å². The van der Waals surface area contributed by atoms with Crippen LogP contribution in [-0.2, 0) is 0 Å². The van der Waals surface area contributed by atoms with Gasteiger partial charge in [-0.25, -0.2) is 4.98 Å². The summed E-state index contributed by atoms with van der Waals surface area (Å²) in [6.45, 7) is 7.19. The second-order valence-electron chi connectivity index (χ2n) is 5.54. The van der Waals surface area contributed by atoms with Gasteiger partial charge in [-0.15, -0.1) is 0 Å². The van der Waals surface area contributed by atoms with Gasteiger partial charge in [0.1, 0.15) is 5.52 Å². The van der Waals surface area contributed by atoms with E-state index in [1.807, 2.05) is 0 Å². The molecule has 1 saturated heterocycles. The molecule has 0 unspecified atom stereocenters. The molecule has 114 valence electrons. The molecule has 1 aliphatic rings. The fraction of sp³-hybridized carbons (Fsp3) is 0.643. The van der Waals surface area contributed by atoms with E-state index in [1.54, 1.807) is 6.33 Å². The van der Waals surface area contributed by atoms with Crippen molar-refractivity contribution in [1.29, 1.82) is 0 Å². The van der Waals surface area contributed by atoms with E-state index in [2.05, 4.69) is 44.0 Å². The summed E-state index contributed by atoms with van der Waals surface area (Å²) in [5, 5.41) is 3.27. The molecule has 7 nitrogen and oxygen atoms in total. The van der Waals surface area contributed by atoms with Gasteiger partial charge in [-0.05, 0) is 26.4 Å². The first-order valence-electron chi connectivity index (χ1n) is 7.66. The summed E-state index contributed by atoms with van der Waals surface area (Å²) in [5.74, 6) is 1.63. The number of nitrogens with zero attached hydrogens (tertiary/aromatic N) is 5. The van der Waals surface area contributed by atoms with Crippen LogP contribution < -0.4 is 10.2 Å². The van der Waals surface area contributed by atoms with E-state index in [4.69, 9.17) is 4.98 Å². The largest absolute Gasteiger partial charge is 0.354 e. The molecule has 0 bridgehead atoms. The van der Waals surface area contributed by atoms with Gasteiger partial charge in [0.2, 0.25) is 5.95 Å². The minimum atomic E-state index is 0.670. The fourth-order valence-electron chi connectivity index (χ4n) is 2.62. The number of H-pyrrole nitrogens is 1. The van der Waals surface area contributed by atoms with Crippen LogP contribution in [0.3, 0.4) is 0 Å². The number of aromatic amines is 1. The van der Waals surface area contributed by atoms with Gasteiger partial charge < -0.3 is 20.1 Å². The summed E-state index contributed by atoms with van der Waals surface area (Å²) in [6, 6.07) is 0. The first-order chi connectivity index (χ1) is 10.3. The van der Waals surface area contributed by atoms with Crippen molar-refractivity contribution in [2.24, 2.45) is 0 Å². The maximum absolute atomic E-state index is 4.71. The number of aromatic nitrogens is 4. The van der Waals surface area contributed by atoms with Gasteiger partial charge >= 0.3 is 0 Å². The van der Waals surface area contributed by atoms with Gasteiger partial charge in [-0.3, -0.25) is 0 Å². The van der Waals surface area contributed by atoms with Crippen molar-refractivity contribution in [3.63, 3.8) is 0 Å². The van der Waals surface area contributed by atoms with Crippen molar-refractivity contribution in [2.75, 3.05) is 50.0 Å². The number of hydrogen-bond acceptors (Lipinski definition) is 6. The average Bonchev–Trinajstić information content (AvgIpc) is 2.86. The molecule has 2 N–H and O–H groups in total. The highest BCUT2D eigenvalue weighted by Crippen LogP contribution is 2.23. The van der Waals surface area contributed by atoms with Crippen LogP contribution in [0.15, 0.2) is 6.33 Å². The van der Waals surface area contributed by atoms with Crippen LogP contribution in [0, 0.1) is 0 Å². The molecular weight excluding hydrogens is 266 g/mol. The number of nitrogens with one attached hydrogen (secondary N) is 2. The number of hydrogen-bond donors (Lipinski definition) is 2. The van der Waals surface area contributed by atoms with Gasteiger partial charge in [-0.1, -0.05) is 6.92 Å². The Hall–Kier alpha value is -1.89. The van der Waals surface area contributed by atoms with Crippen molar-refractivity contribution >= 4 is 22.9 Å². The molecule has 3 rings (SSSR count). The quantitative estimate of drug-likeness (QED) is 0.884. The first-order valence-corrected chi connectivity index (χ1v) is 7.66. The third kappa shape index (κ3) is 3.07. The van der Waals surface area contributed by atoms with Crippen LogP contribution in [0.2, 0.25) is 0 Å². The number of rotatable bonds is 4. The molecule has 1 aliphatic heterocycles. The van der Waals surface area contributed by atoms with Crippen LogP contribution in [0.4, 0.5) is 11.8 Å². The summed E-state index contributed by atoms with van der Waals surface area (Å²) < 4.78 is 0. The molecule has 2 aromatic rings. The third-order valence-corrected chi connectivity index (χ3v) is 3.82. The standard InChI is InChI=1S/C14H23N7/c1-3-5-15-14-18-12-11(16-10-17-12)13(19-14)21-7-4-6-20(2)8-9-21/h10H,3-9H2,1-2H3,(H2,15,16,17,18,19). The zero-order chi connectivity index (χ0) is 14.7. The summed E-state index contributed by atoms with van der Waals surface area (Å²) in [4.78, 5) is 21.4. The van der Waals surface area contributed by atoms with Crippen LogP contribution in [-0.4, -0.2) is 64.6 Å². The lowest BCUT2D eigenvalue weighted by Gasteiger charge is -2.22. The van der Waals surface area contributed by atoms with Crippen LogP contribution in [0.25, 0.3) is 11.2 Å². The van der Waals surface area contributed by atoms with Gasteiger partial charge in [0.15, 0.2) is 11.5 Å². The van der Waals surface area contributed by atoms with E-state index in [1.165, 1.54) is 0 Å². The second-order valence-corrected chi connectivity index (χ2v) is 5.54. The van der Waals surface area contributed by atoms with Gasteiger partial charge in [0, 0.05) is 26.2 Å². The summed E-state index contributed by atoms with van der Waals surface area (Å²) >= 11 is 0. The molecule has 0 spiro atoms. The molecule has 0 aromatic carbocycles. The van der Waals surface area contributed by atoms with Crippen molar-refractivity contribution in [3.8, 4) is 0 Å². The van der Waals surface area contributed by atoms with E-state index in [-0.39, 0.29) is 0 Å². The maximum Gasteiger partial charge on any atom is 0.226 e. The Morgan fingerprint density at radius 3 is 3.00 bits per heavy atom. The Bertz CT molecular complexity index is 594. The highest BCUT2D eigenvalue weighted by Gasteiger charge is 2.18. The van der Waals surface area contributed by atoms with Gasteiger partial charge in [0.05, 0.1) is 6.33 Å². The first kappa shape index (κ1) is 14.1. The number of fused-ring (bicyclic) bond motifs is 1. The lowest BCUT2D eigenvalue weighted by molar-refractivity contribution is 0.360. The van der Waals surface area contributed by atoms with Crippen LogP contribution in [0.1, 0.15) is 19.8 Å². The van der Waals surface area contributed by atoms with Crippen molar-refractivity contribution in [2.45, 2.75) is 19.8 Å². The molecule has 3 heterocycles. The molecule has 0 radical (unpaired) electrons. The van der Waals surface area contributed by atoms with Crippen molar-refractivity contribution in [1.82, 2.24) is 24.8 Å². The zero-order valence-electron chi connectivity index (χ0n) is 12.8. The fourth-order valence-corrected chi connectivity index (χ4v) is 2.62. The Morgan fingerprint density at radius 1 is 1.24 bits per heavy atom. The minimum absolute atomic E-state index is 0.670. The van der Waals surface area contributed by atoms with Crippen molar-refractivity contribution in [3.05, 3.63) is 6.33 Å². The smallest absolute Gasteiger partial charge is 0.226 e. The SMILES string of the molecule is CCCNc1nc(N2CCCN(C)CC2)c2[nH]cnc2n1. The molecule has 0 aliphatic carbocycles. The lowest BCUT2D eigenvalue weighted by atomic mass is 10.3. The van der Waals surface area contributed by atoms with E-state index in [0.29, 0.717) is 5.95 Å². The second kappa shape index (κ2) is 6.26. The minimum Gasteiger partial charge on any atom is -0.354 e. The molecule has 0 saturated carbocycles. The molecule has 0 atom stereocenters. The van der Waals surface area contributed by atoms with Crippen LogP contribution in [0.5, 0.6) is 0 Å². The maximum atomic E-state index is 4.71. The lowest BCUT2D eigenvalue weighted by Crippen LogP contribution is -2.30. The highest BCUT2D eigenvalue weighted by molar-refractivity contribution is 5.84. The van der Waals surface area contributed by atoms with E-state index < -0.39 is 0 Å². The third-order valence-electron chi connectivity index (χ3n) is 3.82. The Labute approximate surface area is 124 Å². The number of anilines is 2. The summed E-state index contributed by atoms with van der Waals surface area (Å²) in [7, 11) is 2.17. The van der Waals surface area contributed by atoms with E-state index in [0.717, 1.165) is 62.5 Å². The van der Waals surface area contributed by atoms with E-state index >= 15 is 0 Å². The summed E-state index contributed by atoms with van der Waals surface area (Å²) in [6.07, 6.45) is 3.88. The molecule has 0 amide bonds. The monoisotopic (exact) mass is 289 g/mol. The average molecular weight is 289 g/mol. The molecule has 7 heteroatoms. The Balaban J connectivity index is 1.93. The molecule has 2 aromatic heterocycles. The normalized spacial score (nSPS) is 17.1. The van der Waals surface area contributed by atoms with Gasteiger partial charge in [0.25, 0.3) is 0 Å². The van der Waals surface area contributed by atoms with E-state index in [9.17, 15) is 0 Å². The van der Waals surface area contributed by atoms with Crippen LogP contribution >= 0.6 is 0 Å². The predicted octanol–water partition coefficient (Wildman–Crippen LogP) is 1.32. The Kier molecular flexibility index (Phi) is 4.19. The number of imidazole rings is 1. The van der Waals surface area contributed by atoms with Crippen molar-refractivity contribution < 1.29 is 0 Å². The molecular formula is C14H23N7. The predicted molar refractivity (Wildman–Crippen MR) is 84.8 cm³/mol. The number of likely N-dealkylation sites (N-methyl/N-ethyl adjacent to an activating group) is 1. The highest BCUT2D eigenvalue weighted by atomic mass is 15.3. The molecule has 21 heavy (non-hydrogen) atoms. The summed E-state index contributed by atoms with van der Waals surface area (Å²) in [5.41, 5.74) is 1.66. The zero-order valence-corrected chi connectivity index (χ0v) is 12.8. The Morgan fingerprint density at radius 2 is 2.14 bits per heavy atom. The van der Waals surface area contributed by atoms with Gasteiger partial charge in [-0.2, -0.15) is 9.97 Å².